The van der Waals surface area contributed by atoms with E-state index in [2.05, 4.69) is 17.0 Å². The molecule has 0 radical (unpaired) electrons. The highest BCUT2D eigenvalue weighted by Crippen LogP contribution is 2.48. The molecule has 6 rings (SSSR count). The molecule has 1 fully saturated rings. The molecule has 0 saturated heterocycles. The molecule has 1 amide bonds. The summed E-state index contributed by atoms with van der Waals surface area (Å²) in [5, 5.41) is 3.25. The van der Waals surface area contributed by atoms with Crippen molar-refractivity contribution in [1.82, 2.24) is 5.32 Å². The van der Waals surface area contributed by atoms with Crippen LogP contribution in [0, 0.1) is 5.82 Å². The van der Waals surface area contributed by atoms with Gasteiger partial charge >= 0.3 is 11.9 Å². The Morgan fingerprint density at radius 1 is 0.762 bits per heavy atom. The first kappa shape index (κ1) is 48.5. The van der Waals surface area contributed by atoms with Gasteiger partial charge < -0.3 is 28.7 Å². The fraction of sp³-hybridized carbons (Fsp3) is 0.408. The van der Waals surface area contributed by atoms with Gasteiger partial charge in [-0.2, -0.15) is 0 Å². The van der Waals surface area contributed by atoms with Gasteiger partial charge in [-0.15, -0.1) is 0 Å². The number of carbonyl (C=O) groups is 3. The van der Waals surface area contributed by atoms with Crippen LogP contribution in [0.2, 0.25) is 0 Å². The molecule has 1 aromatic heterocycles. The van der Waals surface area contributed by atoms with Gasteiger partial charge in [-0.05, 0) is 122 Å². The van der Waals surface area contributed by atoms with Crippen molar-refractivity contribution in [2.75, 3.05) is 64.8 Å². The van der Waals surface area contributed by atoms with E-state index in [0.29, 0.717) is 77.1 Å². The highest BCUT2D eigenvalue weighted by atomic mass is 32.2. The average molecular weight is 887 g/mol. The van der Waals surface area contributed by atoms with Gasteiger partial charge in [-0.3, -0.25) is 9.10 Å². The van der Waals surface area contributed by atoms with Crippen molar-refractivity contribution in [3.8, 4) is 11.3 Å². The van der Waals surface area contributed by atoms with Crippen LogP contribution in [0.4, 0.5) is 10.1 Å². The number of sulfonamides is 1. The van der Waals surface area contributed by atoms with Crippen molar-refractivity contribution in [3.63, 3.8) is 0 Å². The molecule has 4 aromatic carbocycles. The van der Waals surface area contributed by atoms with E-state index in [1.807, 2.05) is 30.3 Å². The van der Waals surface area contributed by atoms with Crippen LogP contribution >= 0.6 is 0 Å². The lowest BCUT2D eigenvalue weighted by Crippen LogP contribution is -2.32. The summed E-state index contributed by atoms with van der Waals surface area (Å²) in [6, 6.07) is 23.9. The van der Waals surface area contributed by atoms with Crippen molar-refractivity contribution in [1.29, 1.82) is 0 Å². The van der Waals surface area contributed by atoms with Gasteiger partial charge in [0.05, 0.1) is 56.1 Å². The normalized spacial score (nSPS) is 12.3. The van der Waals surface area contributed by atoms with Gasteiger partial charge in [0.2, 0.25) is 10.0 Å². The average Bonchev–Trinajstić information content (AvgIpc) is 4.07. The molecule has 1 aliphatic carbocycles. The fourth-order valence-electron chi connectivity index (χ4n) is 7.05. The number of nitrogens with zero attached hydrogens (tertiary/aromatic N) is 1. The minimum atomic E-state index is -3.64. The van der Waals surface area contributed by atoms with Crippen LogP contribution in [-0.4, -0.2) is 86.8 Å². The number of fused-ring (bicyclic) bond motifs is 1. The van der Waals surface area contributed by atoms with Crippen LogP contribution in [0.1, 0.15) is 106 Å². The second-order valence-corrected chi connectivity index (χ2v) is 17.3. The molecule has 1 saturated carbocycles. The van der Waals surface area contributed by atoms with Gasteiger partial charge in [0.1, 0.15) is 17.2 Å². The van der Waals surface area contributed by atoms with Crippen LogP contribution in [0.3, 0.4) is 0 Å². The summed E-state index contributed by atoms with van der Waals surface area (Å²) in [6.45, 7) is 4.99. The summed E-state index contributed by atoms with van der Waals surface area (Å²) in [7, 11) is 0.624. The lowest BCUT2D eigenvalue weighted by atomic mass is 10.0. The Labute approximate surface area is 370 Å². The molecular weight excluding hydrogens is 828 g/mol. The molecule has 0 spiro atoms. The quantitative estimate of drug-likeness (QED) is 0.0526. The van der Waals surface area contributed by atoms with E-state index in [9.17, 15) is 27.2 Å². The number of rotatable bonds is 22. The number of unbranched alkanes of at least 4 members (excludes halogenated alkanes) is 3. The number of hydrogen-bond acceptors (Lipinski definition) is 10. The first-order chi connectivity index (χ1) is 30.4. The number of halogens is 1. The molecule has 5 aromatic rings. The number of amides is 1. The second-order valence-electron chi connectivity index (χ2n) is 15.4. The number of nitrogens with one attached hydrogen (secondary N) is 1. The summed E-state index contributed by atoms with van der Waals surface area (Å²) in [6.07, 6.45) is 9.43. The zero-order valence-electron chi connectivity index (χ0n) is 36.9. The van der Waals surface area contributed by atoms with E-state index in [0.717, 1.165) is 50.0 Å². The van der Waals surface area contributed by atoms with Gasteiger partial charge in [0, 0.05) is 43.8 Å². The Morgan fingerprint density at radius 3 is 1.78 bits per heavy atom. The maximum absolute atomic E-state index is 13.6. The van der Waals surface area contributed by atoms with E-state index >= 15 is 0 Å². The highest BCUT2D eigenvalue weighted by molar-refractivity contribution is 7.92. The Kier molecular flexibility index (Phi) is 18.3. The first-order valence-corrected chi connectivity index (χ1v) is 23.3. The van der Waals surface area contributed by atoms with E-state index in [-0.39, 0.29) is 30.3 Å². The van der Waals surface area contributed by atoms with Crippen molar-refractivity contribution in [2.24, 2.45) is 0 Å². The Bertz CT molecular complexity index is 2380. The van der Waals surface area contributed by atoms with Crippen molar-refractivity contribution < 1.29 is 50.6 Å². The number of benzene rings is 4. The van der Waals surface area contributed by atoms with Crippen molar-refractivity contribution in [3.05, 3.63) is 124 Å². The molecule has 12 nitrogen and oxygen atoms in total. The van der Waals surface area contributed by atoms with E-state index < -0.39 is 15.8 Å². The third kappa shape index (κ3) is 14.0. The lowest BCUT2D eigenvalue weighted by Gasteiger charge is -2.25. The number of hydrogen-bond donors (Lipinski definition) is 1. The van der Waals surface area contributed by atoms with Crippen LogP contribution in [0.5, 0.6) is 0 Å². The SMILES string of the molecule is CCCCCOCCc1ccc(C(=O)OC)cc1.CNC(=O)c1c(-c2ccc(F)cc2)oc2cc(N(CCCCOCCc3ccc(C(=O)OC)cc3)S(C)(=O)=O)c(C3CC3)cc12. The number of ether oxygens (including phenoxy) is 4. The number of esters is 2. The summed E-state index contributed by atoms with van der Waals surface area (Å²) in [5.74, 6) is -0.947. The second kappa shape index (κ2) is 23.8. The Morgan fingerprint density at radius 2 is 1.30 bits per heavy atom. The zero-order valence-corrected chi connectivity index (χ0v) is 37.7. The number of anilines is 1. The Hall–Kier alpha value is -5.57. The summed E-state index contributed by atoms with van der Waals surface area (Å²) in [5.41, 5.74) is 5.95. The number of carbonyl (C=O) groups excluding carboxylic acids is 3. The lowest BCUT2D eigenvalue weighted by molar-refractivity contribution is 0.0592. The third-order valence-corrected chi connectivity index (χ3v) is 11.9. The Balaban J connectivity index is 0.000000349. The van der Waals surface area contributed by atoms with E-state index in [1.54, 1.807) is 42.5 Å². The van der Waals surface area contributed by atoms with Crippen LogP contribution in [0.25, 0.3) is 22.3 Å². The summed E-state index contributed by atoms with van der Waals surface area (Å²) in [4.78, 5) is 35.9. The molecule has 338 valence electrons. The standard InChI is InChI=1S/C34H37FN2O7S.C15H22O3/c1-36-33(38)31-28-20-27(23-10-11-23)29(21-30(28)44-32(31)24-12-14-26(35)15-13-24)37(45(3,40)41)17-4-5-18-43-19-16-22-6-8-25(9-7-22)34(39)42-2;1-3-4-5-11-18-12-10-13-6-8-14(9-7-13)15(16)17-2/h6-9,12-15,20-21,23H,4-5,10-11,16-19H2,1-3H3,(H,36,38);6-9H,3-5,10-12H2,1-2H3. The molecule has 1 N–H and O–H groups in total. The molecule has 0 atom stereocenters. The van der Waals surface area contributed by atoms with E-state index in [4.69, 9.17) is 18.6 Å². The fourth-order valence-corrected chi connectivity index (χ4v) is 8.03. The van der Waals surface area contributed by atoms with Crippen LogP contribution in [0.15, 0.2) is 89.3 Å². The smallest absolute Gasteiger partial charge is 0.337 e. The third-order valence-electron chi connectivity index (χ3n) is 10.7. The maximum atomic E-state index is 13.6. The van der Waals surface area contributed by atoms with Gasteiger partial charge in [-0.1, -0.05) is 44.0 Å². The van der Waals surface area contributed by atoms with Crippen molar-refractivity contribution in [2.45, 2.75) is 70.6 Å². The molecule has 63 heavy (non-hydrogen) atoms. The molecule has 0 aliphatic heterocycles. The molecule has 0 bridgehead atoms. The largest absolute Gasteiger partial charge is 0.465 e. The molecule has 1 heterocycles. The maximum Gasteiger partial charge on any atom is 0.337 e. The van der Waals surface area contributed by atoms with Gasteiger partial charge in [0.15, 0.2) is 0 Å². The number of furan rings is 1. The first-order valence-electron chi connectivity index (χ1n) is 21.4. The predicted molar refractivity (Wildman–Crippen MR) is 243 cm³/mol. The minimum Gasteiger partial charge on any atom is -0.465 e. The minimum absolute atomic E-state index is 0.181. The monoisotopic (exact) mass is 886 g/mol. The van der Waals surface area contributed by atoms with Crippen LogP contribution < -0.4 is 9.62 Å². The molecular formula is C49H59FN2O10S. The summed E-state index contributed by atoms with van der Waals surface area (Å²) < 4.78 is 68.1. The zero-order chi connectivity index (χ0) is 45.4. The highest BCUT2D eigenvalue weighted by Gasteiger charge is 2.33. The van der Waals surface area contributed by atoms with E-state index in [1.165, 1.54) is 62.4 Å². The van der Waals surface area contributed by atoms with Crippen LogP contribution in [-0.2, 0) is 41.8 Å². The summed E-state index contributed by atoms with van der Waals surface area (Å²) >= 11 is 0. The molecule has 14 heteroatoms. The molecule has 1 aliphatic rings. The van der Waals surface area contributed by atoms with Gasteiger partial charge in [-0.25, -0.2) is 22.4 Å². The predicted octanol–water partition coefficient (Wildman–Crippen LogP) is 9.29. The molecule has 0 unspecified atom stereocenters. The number of methoxy groups -OCH3 is 2. The van der Waals surface area contributed by atoms with Crippen molar-refractivity contribution >= 4 is 44.5 Å². The topological polar surface area (TPSA) is 151 Å². The van der Waals surface area contributed by atoms with Gasteiger partial charge in [0.25, 0.3) is 5.91 Å².